The lowest BCUT2D eigenvalue weighted by molar-refractivity contribution is -0.121. The zero-order valence-corrected chi connectivity index (χ0v) is 16.7. The zero-order chi connectivity index (χ0) is 19.1. The van der Waals surface area contributed by atoms with Crippen molar-refractivity contribution in [3.05, 3.63) is 59.0 Å². The van der Waals surface area contributed by atoms with Crippen LogP contribution in [0.1, 0.15) is 60.8 Å². The van der Waals surface area contributed by atoms with Crippen molar-refractivity contribution in [2.75, 3.05) is 19.6 Å². The number of carbonyl (C=O) groups excluding carboxylic acids is 1. The number of furan rings is 1. The largest absolute Gasteiger partial charge is 0.465 e. The predicted molar refractivity (Wildman–Crippen MR) is 109 cm³/mol. The van der Waals surface area contributed by atoms with E-state index in [1.165, 1.54) is 24.0 Å². The van der Waals surface area contributed by atoms with E-state index in [4.69, 9.17) is 4.42 Å². The maximum atomic E-state index is 12.3. The average Bonchev–Trinajstić information content (AvgIpc) is 3.33. The molecule has 2 aromatic rings. The Morgan fingerprint density at radius 2 is 1.81 bits per heavy atom. The molecule has 0 bridgehead atoms. The molecule has 4 nitrogen and oxygen atoms in total. The van der Waals surface area contributed by atoms with Crippen LogP contribution in [0.4, 0.5) is 0 Å². The number of benzene rings is 1. The summed E-state index contributed by atoms with van der Waals surface area (Å²) in [6.07, 6.45) is 6.05. The van der Waals surface area contributed by atoms with Crippen molar-refractivity contribution in [2.45, 2.75) is 58.4 Å². The average molecular weight is 369 g/mol. The van der Waals surface area contributed by atoms with E-state index in [9.17, 15) is 4.79 Å². The summed E-state index contributed by atoms with van der Waals surface area (Å²) in [6.45, 7) is 6.86. The Morgan fingerprint density at radius 3 is 2.48 bits per heavy atom. The monoisotopic (exact) mass is 368 g/mol. The lowest BCUT2D eigenvalue weighted by atomic mass is 10.1. The van der Waals surface area contributed by atoms with E-state index in [1.807, 2.05) is 19.1 Å². The first kappa shape index (κ1) is 19.7. The van der Waals surface area contributed by atoms with E-state index in [0.29, 0.717) is 13.0 Å². The van der Waals surface area contributed by atoms with Gasteiger partial charge in [-0.05, 0) is 76.7 Å². The van der Waals surface area contributed by atoms with Crippen molar-refractivity contribution in [1.82, 2.24) is 10.2 Å². The molecule has 1 N–H and O–H groups in total. The van der Waals surface area contributed by atoms with Gasteiger partial charge in [0.2, 0.25) is 5.91 Å². The highest BCUT2D eigenvalue weighted by Gasteiger charge is 2.26. The molecule has 1 atom stereocenters. The third-order valence-corrected chi connectivity index (χ3v) is 5.40. The minimum Gasteiger partial charge on any atom is -0.465 e. The van der Waals surface area contributed by atoms with E-state index >= 15 is 0 Å². The van der Waals surface area contributed by atoms with Gasteiger partial charge in [-0.1, -0.05) is 29.8 Å². The number of carbonyl (C=O) groups is 1. The maximum absolute atomic E-state index is 12.3. The molecule has 1 aromatic carbocycles. The third-order valence-electron chi connectivity index (χ3n) is 5.40. The van der Waals surface area contributed by atoms with Gasteiger partial charge in [0.25, 0.3) is 0 Å². The van der Waals surface area contributed by atoms with Crippen molar-refractivity contribution in [3.8, 4) is 0 Å². The highest BCUT2D eigenvalue weighted by atomic mass is 16.3. The molecule has 2 heterocycles. The van der Waals surface area contributed by atoms with Crippen molar-refractivity contribution in [2.24, 2.45) is 0 Å². The summed E-state index contributed by atoms with van der Waals surface area (Å²) < 4.78 is 5.85. The molecular weight excluding hydrogens is 336 g/mol. The van der Waals surface area contributed by atoms with Crippen LogP contribution in [0, 0.1) is 13.8 Å². The second kappa shape index (κ2) is 9.75. The molecule has 1 amide bonds. The van der Waals surface area contributed by atoms with Gasteiger partial charge in [0.15, 0.2) is 0 Å². The van der Waals surface area contributed by atoms with Crippen LogP contribution in [0.5, 0.6) is 0 Å². The Morgan fingerprint density at radius 1 is 1.07 bits per heavy atom. The third kappa shape index (κ3) is 5.96. The van der Waals surface area contributed by atoms with Crippen molar-refractivity contribution in [1.29, 1.82) is 0 Å². The van der Waals surface area contributed by atoms with Crippen LogP contribution in [-0.4, -0.2) is 30.4 Å². The Hall–Kier alpha value is -2.07. The first-order chi connectivity index (χ1) is 13.1. The summed E-state index contributed by atoms with van der Waals surface area (Å²) in [7, 11) is 0. The van der Waals surface area contributed by atoms with Gasteiger partial charge in [-0.25, -0.2) is 0 Å². The lowest BCUT2D eigenvalue weighted by Crippen LogP contribution is -2.36. The van der Waals surface area contributed by atoms with Gasteiger partial charge >= 0.3 is 0 Å². The van der Waals surface area contributed by atoms with Crippen LogP contribution in [0.15, 0.2) is 40.8 Å². The normalized spacial score (nSPS) is 15.8. The molecular formula is C23H32N2O2. The number of hydrogen-bond acceptors (Lipinski definition) is 3. The van der Waals surface area contributed by atoms with Gasteiger partial charge in [0, 0.05) is 13.0 Å². The van der Waals surface area contributed by atoms with Gasteiger partial charge < -0.3 is 9.73 Å². The fourth-order valence-electron chi connectivity index (χ4n) is 3.76. The second-order valence-corrected chi connectivity index (χ2v) is 7.70. The van der Waals surface area contributed by atoms with Crippen LogP contribution in [-0.2, 0) is 11.2 Å². The number of nitrogens with one attached hydrogen (secondary N) is 1. The first-order valence-electron chi connectivity index (χ1n) is 10.2. The first-order valence-corrected chi connectivity index (χ1v) is 10.2. The number of aryl methyl sites for hydroxylation is 3. The van der Waals surface area contributed by atoms with Gasteiger partial charge in [-0.3, -0.25) is 9.69 Å². The molecule has 1 fully saturated rings. The van der Waals surface area contributed by atoms with E-state index in [0.717, 1.165) is 43.9 Å². The topological polar surface area (TPSA) is 45.5 Å². The summed E-state index contributed by atoms with van der Waals surface area (Å²) in [4.78, 5) is 14.7. The molecule has 0 aliphatic carbocycles. The maximum Gasteiger partial charge on any atom is 0.220 e. The fraction of sp³-hybridized carbons (Fsp3) is 0.522. The molecule has 1 unspecified atom stereocenters. The van der Waals surface area contributed by atoms with Gasteiger partial charge in [0.05, 0.1) is 6.04 Å². The summed E-state index contributed by atoms with van der Waals surface area (Å²) in [6, 6.07) is 12.9. The van der Waals surface area contributed by atoms with E-state index in [-0.39, 0.29) is 11.9 Å². The van der Waals surface area contributed by atoms with Crippen LogP contribution >= 0.6 is 0 Å². The Bertz CT molecular complexity index is 714. The molecule has 0 radical (unpaired) electrons. The zero-order valence-electron chi connectivity index (χ0n) is 16.7. The number of unbranched alkanes of at least 4 members (excludes halogenated alkanes) is 1. The van der Waals surface area contributed by atoms with E-state index in [2.05, 4.69) is 41.4 Å². The van der Waals surface area contributed by atoms with Crippen LogP contribution in [0.25, 0.3) is 0 Å². The van der Waals surface area contributed by atoms with Gasteiger partial charge in [-0.2, -0.15) is 0 Å². The van der Waals surface area contributed by atoms with Crippen molar-refractivity contribution in [3.63, 3.8) is 0 Å². The predicted octanol–water partition coefficient (Wildman–Crippen LogP) is 4.56. The van der Waals surface area contributed by atoms with Gasteiger partial charge in [0.1, 0.15) is 11.5 Å². The van der Waals surface area contributed by atoms with E-state index in [1.54, 1.807) is 0 Å². The molecule has 4 heteroatoms. The van der Waals surface area contributed by atoms with Crippen LogP contribution in [0.3, 0.4) is 0 Å². The number of amides is 1. The molecule has 0 saturated carbocycles. The smallest absolute Gasteiger partial charge is 0.220 e. The molecule has 146 valence electrons. The number of rotatable bonds is 9. The molecule has 0 spiro atoms. The Labute approximate surface area is 162 Å². The van der Waals surface area contributed by atoms with Crippen molar-refractivity contribution < 1.29 is 9.21 Å². The fourth-order valence-corrected chi connectivity index (χ4v) is 3.76. The van der Waals surface area contributed by atoms with Crippen LogP contribution in [0.2, 0.25) is 0 Å². The summed E-state index contributed by atoms with van der Waals surface area (Å²) in [5, 5.41) is 3.13. The SMILES string of the molecule is Cc1ccc(CCCCC(=O)NCC(c2ccc(C)o2)N2CCCC2)cc1. The molecule has 1 aromatic heterocycles. The molecule has 3 rings (SSSR count). The molecule has 1 aliphatic rings. The molecule has 1 saturated heterocycles. The van der Waals surface area contributed by atoms with E-state index < -0.39 is 0 Å². The number of hydrogen-bond donors (Lipinski definition) is 1. The summed E-state index contributed by atoms with van der Waals surface area (Å²) in [5.74, 6) is 2.04. The number of nitrogens with zero attached hydrogens (tertiary/aromatic N) is 1. The molecule has 1 aliphatic heterocycles. The summed E-state index contributed by atoms with van der Waals surface area (Å²) in [5.41, 5.74) is 2.64. The minimum atomic E-state index is 0.145. The minimum absolute atomic E-state index is 0.145. The Balaban J connectivity index is 1.41. The number of likely N-dealkylation sites (tertiary alicyclic amines) is 1. The van der Waals surface area contributed by atoms with Gasteiger partial charge in [-0.15, -0.1) is 0 Å². The standard InChI is InChI=1S/C23H32N2O2/c1-18-9-12-20(13-10-18)7-3-4-8-23(26)24-17-21(25-15-5-6-16-25)22-14-11-19(2)27-22/h9-14,21H,3-8,15-17H2,1-2H3,(H,24,26). The van der Waals surface area contributed by atoms with Crippen LogP contribution < -0.4 is 5.32 Å². The lowest BCUT2D eigenvalue weighted by Gasteiger charge is -2.26. The summed E-state index contributed by atoms with van der Waals surface area (Å²) >= 11 is 0. The molecule has 27 heavy (non-hydrogen) atoms. The second-order valence-electron chi connectivity index (χ2n) is 7.70. The quantitative estimate of drug-likeness (QED) is 0.660. The van der Waals surface area contributed by atoms with Crippen molar-refractivity contribution >= 4 is 5.91 Å². The highest BCUT2D eigenvalue weighted by Crippen LogP contribution is 2.26. The Kier molecular flexibility index (Phi) is 7.11. The highest BCUT2D eigenvalue weighted by molar-refractivity contribution is 5.75.